The maximum Gasteiger partial charge on any atom is 0.425 e. The lowest BCUT2D eigenvalue weighted by atomic mass is 10.2. The Bertz CT molecular complexity index is 187. The number of carboxylic acid groups (broad SMARTS) is 1. The zero-order chi connectivity index (χ0) is 9.40. The van der Waals surface area contributed by atoms with E-state index >= 15 is 0 Å². The van der Waals surface area contributed by atoms with Crippen LogP contribution >= 0.6 is 0 Å². The molecule has 2 N–H and O–H groups in total. The second-order valence-corrected chi connectivity index (χ2v) is 2.44. The number of unbranched alkanes of at least 4 members (excludes halogenated alkanes) is 1. The monoisotopic (exact) mass is 170 g/mol. The van der Waals surface area contributed by atoms with E-state index in [4.69, 9.17) is 5.11 Å². The van der Waals surface area contributed by atoms with Crippen LogP contribution in [0.4, 0.5) is 4.79 Å². The van der Waals surface area contributed by atoms with Crippen molar-refractivity contribution in [2.24, 2.45) is 5.10 Å². The predicted octanol–water partition coefficient (Wildman–Crippen LogP) is 1.99. The molecule has 0 atom stereocenters. The minimum Gasteiger partial charge on any atom is -0.464 e. The van der Waals surface area contributed by atoms with E-state index in [0.717, 1.165) is 25.0 Å². The first kappa shape index (κ1) is 10.7. The first-order valence-corrected chi connectivity index (χ1v) is 3.79. The van der Waals surface area contributed by atoms with Crippen molar-refractivity contribution in [2.75, 3.05) is 0 Å². The molecular formula is C8H14N2O2. The van der Waals surface area contributed by atoms with E-state index in [1.807, 2.05) is 11.5 Å². The van der Waals surface area contributed by atoms with Gasteiger partial charge in [-0.05, 0) is 26.2 Å². The first-order valence-electron chi connectivity index (χ1n) is 3.79. The van der Waals surface area contributed by atoms with E-state index in [9.17, 15) is 4.79 Å². The fourth-order valence-electron chi connectivity index (χ4n) is 0.701. The second-order valence-electron chi connectivity index (χ2n) is 2.44. The lowest BCUT2D eigenvalue weighted by molar-refractivity contribution is 0.195. The fraction of sp³-hybridized carbons (Fsp3) is 0.500. The van der Waals surface area contributed by atoms with E-state index in [1.165, 1.54) is 0 Å². The average Bonchev–Trinajstić information content (AvgIpc) is 2.01. The van der Waals surface area contributed by atoms with Gasteiger partial charge >= 0.3 is 6.09 Å². The molecule has 0 aromatic carbocycles. The number of allylic oxidation sites excluding steroid dienone is 1. The summed E-state index contributed by atoms with van der Waals surface area (Å²) in [5.41, 5.74) is 2.74. The number of hydrazone groups is 1. The summed E-state index contributed by atoms with van der Waals surface area (Å²) in [4.78, 5) is 10.00. The number of rotatable bonds is 5. The van der Waals surface area contributed by atoms with Gasteiger partial charge in [0, 0.05) is 5.71 Å². The second kappa shape index (κ2) is 6.39. The number of carbonyl (C=O) groups is 1. The topological polar surface area (TPSA) is 61.7 Å². The minimum atomic E-state index is -1.13. The van der Waals surface area contributed by atoms with Crippen LogP contribution in [0.5, 0.6) is 0 Å². The lowest BCUT2D eigenvalue weighted by Crippen LogP contribution is -2.15. The van der Waals surface area contributed by atoms with Gasteiger partial charge in [-0.25, -0.2) is 10.2 Å². The Hall–Kier alpha value is -1.32. The maximum atomic E-state index is 10.00. The van der Waals surface area contributed by atoms with E-state index in [-0.39, 0.29) is 0 Å². The fourth-order valence-corrected chi connectivity index (χ4v) is 0.701. The Kier molecular flexibility index (Phi) is 5.69. The Morgan fingerprint density at radius 1 is 1.75 bits per heavy atom. The van der Waals surface area contributed by atoms with Gasteiger partial charge in [-0.15, -0.1) is 6.58 Å². The molecule has 0 heterocycles. The van der Waals surface area contributed by atoms with Crippen molar-refractivity contribution < 1.29 is 9.90 Å². The molecule has 0 rings (SSSR count). The summed E-state index contributed by atoms with van der Waals surface area (Å²) < 4.78 is 0. The van der Waals surface area contributed by atoms with Crippen molar-refractivity contribution in [1.82, 2.24) is 5.43 Å². The van der Waals surface area contributed by atoms with Gasteiger partial charge in [-0.1, -0.05) is 6.08 Å². The third-order valence-electron chi connectivity index (χ3n) is 1.29. The zero-order valence-corrected chi connectivity index (χ0v) is 7.21. The summed E-state index contributed by atoms with van der Waals surface area (Å²) in [7, 11) is 0. The van der Waals surface area contributed by atoms with Crippen LogP contribution in [0.25, 0.3) is 0 Å². The molecule has 4 nitrogen and oxygen atoms in total. The van der Waals surface area contributed by atoms with Crippen molar-refractivity contribution in [3.63, 3.8) is 0 Å². The first-order chi connectivity index (χ1) is 5.66. The smallest absolute Gasteiger partial charge is 0.425 e. The zero-order valence-electron chi connectivity index (χ0n) is 7.21. The predicted molar refractivity (Wildman–Crippen MR) is 48.3 cm³/mol. The van der Waals surface area contributed by atoms with Crippen molar-refractivity contribution in [2.45, 2.75) is 26.2 Å². The summed E-state index contributed by atoms with van der Waals surface area (Å²) in [6, 6.07) is 0. The molecule has 0 aliphatic heterocycles. The Labute approximate surface area is 72.0 Å². The van der Waals surface area contributed by atoms with Crippen LogP contribution < -0.4 is 5.43 Å². The van der Waals surface area contributed by atoms with E-state index in [0.29, 0.717) is 0 Å². The third kappa shape index (κ3) is 6.80. The average molecular weight is 170 g/mol. The van der Waals surface area contributed by atoms with Crippen molar-refractivity contribution >= 4 is 11.8 Å². The van der Waals surface area contributed by atoms with Crippen LogP contribution in [-0.2, 0) is 0 Å². The molecule has 0 bridgehead atoms. The van der Waals surface area contributed by atoms with Gasteiger partial charge in [0.15, 0.2) is 0 Å². The van der Waals surface area contributed by atoms with Gasteiger partial charge in [-0.2, -0.15) is 5.10 Å². The molecule has 0 radical (unpaired) electrons. The molecule has 0 saturated heterocycles. The SMILES string of the molecule is C=CCCC/C(C)=N\NC(=O)O. The lowest BCUT2D eigenvalue weighted by Gasteiger charge is -1.97. The summed E-state index contributed by atoms with van der Waals surface area (Å²) in [5, 5.41) is 11.8. The highest BCUT2D eigenvalue weighted by molar-refractivity contribution is 5.82. The molecule has 0 unspecified atom stereocenters. The number of hydrogen-bond donors (Lipinski definition) is 2. The largest absolute Gasteiger partial charge is 0.464 e. The van der Waals surface area contributed by atoms with Crippen molar-refractivity contribution in [1.29, 1.82) is 0 Å². The van der Waals surface area contributed by atoms with Gasteiger partial charge < -0.3 is 5.11 Å². The van der Waals surface area contributed by atoms with Crippen LogP contribution in [0.2, 0.25) is 0 Å². The molecule has 0 aromatic heterocycles. The summed E-state index contributed by atoms with van der Waals surface area (Å²) in [6.45, 7) is 5.37. The molecule has 0 aliphatic carbocycles. The maximum absolute atomic E-state index is 10.00. The molecule has 12 heavy (non-hydrogen) atoms. The van der Waals surface area contributed by atoms with Crippen LogP contribution in [0, 0.1) is 0 Å². The number of amides is 1. The molecule has 0 saturated carbocycles. The van der Waals surface area contributed by atoms with Crippen LogP contribution in [0.15, 0.2) is 17.8 Å². The van der Waals surface area contributed by atoms with Gasteiger partial charge in [-0.3, -0.25) is 0 Å². The molecule has 4 heteroatoms. The van der Waals surface area contributed by atoms with Gasteiger partial charge in [0.1, 0.15) is 0 Å². The highest BCUT2D eigenvalue weighted by atomic mass is 16.4. The summed E-state index contributed by atoms with van der Waals surface area (Å²) in [6.07, 6.45) is 3.39. The molecule has 1 amide bonds. The Balaban J connectivity index is 3.55. The van der Waals surface area contributed by atoms with Gasteiger partial charge in [0.25, 0.3) is 0 Å². The standard InChI is InChI=1S/C8H14N2O2/c1-3-4-5-6-7(2)9-10-8(11)12/h3,10H,1,4-6H2,2H3,(H,11,12)/b9-7-. The van der Waals surface area contributed by atoms with Gasteiger partial charge in [0.05, 0.1) is 0 Å². The normalized spacial score (nSPS) is 10.9. The van der Waals surface area contributed by atoms with Crippen LogP contribution in [0.3, 0.4) is 0 Å². The highest BCUT2D eigenvalue weighted by Crippen LogP contribution is 1.97. The number of nitrogens with one attached hydrogen (secondary N) is 1. The minimum absolute atomic E-state index is 0.791. The van der Waals surface area contributed by atoms with E-state index in [1.54, 1.807) is 6.92 Å². The molecule has 0 aromatic rings. The number of hydrogen-bond acceptors (Lipinski definition) is 2. The Morgan fingerprint density at radius 2 is 2.42 bits per heavy atom. The highest BCUT2D eigenvalue weighted by Gasteiger charge is 1.93. The number of nitrogens with zero attached hydrogens (tertiary/aromatic N) is 1. The molecule has 68 valence electrons. The summed E-state index contributed by atoms with van der Waals surface area (Å²) >= 11 is 0. The van der Waals surface area contributed by atoms with Crippen molar-refractivity contribution in [3.05, 3.63) is 12.7 Å². The molecule has 0 spiro atoms. The third-order valence-corrected chi connectivity index (χ3v) is 1.29. The molecule has 0 aliphatic rings. The Morgan fingerprint density at radius 3 is 2.92 bits per heavy atom. The van der Waals surface area contributed by atoms with Crippen LogP contribution in [-0.4, -0.2) is 16.9 Å². The quantitative estimate of drug-likeness (QED) is 0.287. The van der Waals surface area contributed by atoms with Gasteiger partial charge in [0.2, 0.25) is 0 Å². The van der Waals surface area contributed by atoms with E-state index in [2.05, 4.69) is 11.7 Å². The van der Waals surface area contributed by atoms with Crippen LogP contribution in [0.1, 0.15) is 26.2 Å². The van der Waals surface area contributed by atoms with E-state index < -0.39 is 6.09 Å². The molecular weight excluding hydrogens is 156 g/mol. The van der Waals surface area contributed by atoms with Crippen molar-refractivity contribution in [3.8, 4) is 0 Å². The summed E-state index contributed by atoms with van der Waals surface area (Å²) in [5.74, 6) is 0. The molecule has 0 fully saturated rings.